The Morgan fingerprint density at radius 3 is 2.53 bits per heavy atom. The topological polar surface area (TPSA) is 36.7 Å². The Hall–Kier alpha value is -1.85. The molecule has 1 aromatic carbocycles. The first-order valence-electron chi connectivity index (χ1n) is 6.32. The molecule has 0 radical (unpaired) electrons. The van der Waals surface area contributed by atoms with Crippen molar-refractivity contribution >= 4 is 11.6 Å². The van der Waals surface area contributed by atoms with Crippen molar-refractivity contribution in [2.75, 3.05) is 0 Å². The highest BCUT2D eigenvalue weighted by molar-refractivity contribution is 6.30. The Balaban J connectivity index is 2.42. The molecular formula is C16H15ClN2. The van der Waals surface area contributed by atoms with E-state index in [1.54, 1.807) is 6.07 Å². The minimum atomic E-state index is 0.265. The molecule has 0 fully saturated rings. The van der Waals surface area contributed by atoms with E-state index in [2.05, 4.69) is 36.2 Å². The van der Waals surface area contributed by atoms with E-state index < -0.39 is 0 Å². The van der Waals surface area contributed by atoms with Crippen LogP contribution in [0.3, 0.4) is 0 Å². The van der Waals surface area contributed by atoms with Crippen molar-refractivity contribution in [2.45, 2.75) is 26.7 Å². The van der Waals surface area contributed by atoms with Crippen molar-refractivity contribution in [1.82, 2.24) is 4.98 Å². The molecular weight excluding hydrogens is 256 g/mol. The molecule has 0 N–H and O–H groups in total. The zero-order valence-corrected chi connectivity index (χ0v) is 11.8. The van der Waals surface area contributed by atoms with Crippen LogP contribution in [0, 0.1) is 18.3 Å². The first-order chi connectivity index (χ1) is 9.15. The molecule has 19 heavy (non-hydrogen) atoms. The second-order valence-corrected chi connectivity index (χ2v) is 4.91. The summed E-state index contributed by atoms with van der Waals surface area (Å²) in [6.45, 7) is 4.11. The van der Waals surface area contributed by atoms with Crippen LogP contribution < -0.4 is 0 Å². The highest BCUT2D eigenvalue weighted by atomic mass is 35.5. The standard InChI is InChI=1S/C16H15ClN2/c1-3-4-12-5-7-13(8-6-12)15-11(2)9-14(10-18)16(17)19-15/h5-9H,3-4H2,1-2H3. The quantitative estimate of drug-likeness (QED) is 0.768. The van der Waals surface area contributed by atoms with E-state index in [9.17, 15) is 0 Å². The molecule has 0 saturated heterocycles. The molecule has 0 aliphatic rings. The van der Waals surface area contributed by atoms with Gasteiger partial charge in [0.15, 0.2) is 0 Å². The summed E-state index contributed by atoms with van der Waals surface area (Å²) in [7, 11) is 0. The van der Waals surface area contributed by atoms with E-state index >= 15 is 0 Å². The van der Waals surface area contributed by atoms with E-state index in [4.69, 9.17) is 16.9 Å². The van der Waals surface area contributed by atoms with Crippen LogP contribution in [-0.4, -0.2) is 4.98 Å². The van der Waals surface area contributed by atoms with Gasteiger partial charge in [-0.05, 0) is 30.5 Å². The largest absolute Gasteiger partial charge is 0.234 e. The SMILES string of the molecule is CCCc1ccc(-c2nc(Cl)c(C#N)cc2C)cc1. The third-order valence-corrected chi connectivity index (χ3v) is 3.34. The molecule has 1 heterocycles. The van der Waals surface area contributed by atoms with Gasteiger partial charge in [0.25, 0.3) is 0 Å². The Morgan fingerprint density at radius 2 is 1.95 bits per heavy atom. The van der Waals surface area contributed by atoms with Gasteiger partial charge >= 0.3 is 0 Å². The van der Waals surface area contributed by atoms with E-state index in [0.29, 0.717) is 5.56 Å². The fourth-order valence-electron chi connectivity index (χ4n) is 2.08. The minimum absolute atomic E-state index is 0.265. The third-order valence-electron chi connectivity index (χ3n) is 3.05. The molecule has 2 rings (SSSR count). The predicted octanol–water partition coefficient (Wildman–Crippen LogP) is 4.53. The summed E-state index contributed by atoms with van der Waals surface area (Å²) >= 11 is 6.00. The smallest absolute Gasteiger partial charge is 0.147 e. The second-order valence-electron chi connectivity index (χ2n) is 4.55. The Bertz CT molecular complexity index is 624. The lowest BCUT2D eigenvalue weighted by Crippen LogP contribution is -1.93. The van der Waals surface area contributed by atoms with Gasteiger partial charge in [0, 0.05) is 5.56 Å². The zero-order valence-electron chi connectivity index (χ0n) is 11.1. The number of rotatable bonds is 3. The summed E-state index contributed by atoms with van der Waals surface area (Å²) in [5.74, 6) is 0. The number of aromatic nitrogens is 1. The molecule has 0 unspecified atom stereocenters. The van der Waals surface area contributed by atoms with Gasteiger partial charge < -0.3 is 0 Å². The summed E-state index contributed by atoms with van der Waals surface area (Å²) in [6.07, 6.45) is 2.22. The number of nitriles is 1. The summed E-state index contributed by atoms with van der Waals surface area (Å²) in [6, 6.07) is 12.2. The normalized spacial score (nSPS) is 10.2. The number of pyridine rings is 1. The predicted molar refractivity (Wildman–Crippen MR) is 78.1 cm³/mol. The van der Waals surface area contributed by atoms with Crippen molar-refractivity contribution in [3.05, 3.63) is 52.2 Å². The first kappa shape index (κ1) is 13.6. The maximum atomic E-state index is 8.93. The molecule has 0 atom stereocenters. The number of nitrogens with zero attached hydrogens (tertiary/aromatic N) is 2. The van der Waals surface area contributed by atoms with Crippen LogP contribution in [0.25, 0.3) is 11.3 Å². The second kappa shape index (κ2) is 5.86. The Labute approximate surface area is 118 Å². The minimum Gasteiger partial charge on any atom is -0.234 e. The van der Waals surface area contributed by atoms with Crippen molar-refractivity contribution < 1.29 is 0 Å². The van der Waals surface area contributed by atoms with Gasteiger partial charge in [0.05, 0.1) is 11.3 Å². The van der Waals surface area contributed by atoms with Crippen molar-refractivity contribution in [3.63, 3.8) is 0 Å². The average Bonchev–Trinajstić information content (AvgIpc) is 2.42. The highest BCUT2D eigenvalue weighted by Gasteiger charge is 2.09. The number of halogens is 1. The number of hydrogen-bond donors (Lipinski definition) is 0. The molecule has 0 spiro atoms. The molecule has 96 valence electrons. The van der Waals surface area contributed by atoms with Gasteiger partial charge in [-0.15, -0.1) is 0 Å². The van der Waals surface area contributed by atoms with Crippen LogP contribution in [-0.2, 0) is 6.42 Å². The average molecular weight is 271 g/mol. The highest BCUT2D eigenvalue weighted by Crippen LogP contribution is 2.26. The van der Waals surface area contributed by atoms with Crippen molar-refractivity contribution in [3.8, 4) is 17.3 Å². The van der Waals surface area contributed by atoms with Gasteiger partial charge in [0.1, 0.15) is 11.2 Å². The molecule has 2 nitrogen and oxygen atoms in total. The van der Waals surface area contributed by atoms with Gasteiger partial charge in [-0.25, -0.2) is 4.98 Å². The Kier molecular flexibility index (Phi) is 4.19. The maximum Gasteiger partial charge on any atom is 0.147 e. The van der Waals surface area contributed by atoms with E-state index in [1.165, 1.54) is 5.56 Å². The molecule has 0 aliphatic heterocycles. The monoisotopic (exact) mass is 270 g/mol. The fraction of sp³-hybridized carbons (Fsp3) is 0.250. The lowest BCUT2D eigenvalue weighted by Gasteiger charge is -2.08. The summed E-state index contributed by atoms with van der Waals surface area (Å²) in [5, 5.41) is 9.19. The van der Waals surface area contributed by atoms with Gasteiger partial charge in [-0.1, -0.05) is 49.2 Å². The molecule has 0 aliphatic carbocycles. The Morgan fingerprint density at radius 1 is 1.26 bits per heavy atom. The number of aryl methyl sites for hydroxylation is 2. The van der Waals surface area contributed by atoms with Crippen LogP contribution in [0.15, 0.2) is 30.3 Å². The van der Waals surface area contributed by atoms with Gasteiger partial charge in [-0.2, -0.15) is 5.26 Å². The van der Waals surface area contributed by atoms with E-state index in [-0.39, 0.29) is 5.15 Å². The van der Waals surface area contributed by atoms with Crippen LogP contribution in [0.1, 0.15) is 30.0 Å². The van der Waals surface area contributed by atoms with E-state index in [0.717, 1.165) is 29.7 Å². The fourth-order valence-corrected chi connectivity index (χ4v) is 2.26. The van der Waals surface area contributed by atoms with Crippen LogP contribution in [0.5, 0.6) is 0 Å². The number of hydrogen-bond acceptors (Lipinski definition) is 2. The van der Waals surface area contributed by atoms with Gasteiger partial charge in [-0.3, -0.25) is 0 Å². The zero-order chi connectivity index (χ0) is 13.8. The van der Waals surface area contributed by atoms with Crippen LogP contribution in [0.2, 0.25) is 5.15 Å². The molecule has 0 saturated carbocycles. The molecule has 1 aromatic heterocycles. The maximum absolute atomic E-state index is 8.93. The molecule has 2 aromatic rings. The summed E-state index contributed by atoms with van der Waals surface area (Å²) in [5.41, 5.74) is 4.58. The van der Waals surface area contributed by atoms with Crippen LogP contribution >= 0.6 is 11.6 Å². The molecule has 3 heteroatoms. The number of benzene rings is 1. The third kappa shape index (κ3) is 2.94. The van der Waals surface area contributed by atoms with E-state index in [1.807, 2.05) is 13.0 Å². The lowest BCUT2D eigenvalue weighted by molar-refractivity contribution is 0.922. The first-order valence-corrected chi connectivity index (χ1v) is 6.70. The van der Waals surface area contributed by atoms with Crippen LogP contribution in [0.4, 0.5) is 0 Å². The summed E-state index contributed by atoms with van der Waals surface area (Å²) in [4.78, 5) is 4.33. The van der Waals surface area contributed by atoms with Crippen molar-refractivity contribution in [1.29, 1.82) is 5.26 Å². The lowest BCUT2D eigenvalue weighted by atomic mass is 10.0. The van der Waals surface area contributed by atoms with Gasteiger partial charge in [0.2, 0.25) is 0 Å². The summed E-state index contributed by atoms with van der Waals surface area (Å²) < 4.78 is 0. The van der Waals surface area contributed by atoms with Crippen molar-refractivity contribution in [2.24, 2.45) is 0 Å². The molecule has 0 bridgehead atoms. The molecule has 0 amide bonds.